The average molecular weight is 294 g/mol. The summed E-state index contributed by atoms with van der Waals surface area (Å²) in [6.45, 7) is 7.54. The Bertz CT molecular complexity index is 342. The normalized spacial score (nSPS) is 26.1. The Morgan fingerprint density at radius 3 is 2.43 bits per heavy atom. The summed E-state index contributed by atoms with van der Waals surface area (Å²) in [4.78, 5) is 14.8. The fourth-order valence-electron chi connectivity index (χ4n) is 4.31. The number of rotatable bonds is 4. The van der Waals surface area contributed by atoms with Crippen molar-refractivity contribution in [2.75, 3.05) is 6.54 Å². The van der Waals surface area contributed by atoms with Crippen LogP contribution in [0.2, 0.25) is 0 Å². The summed E-state index contributed by atoms with van der Waals surface area (Å²) in [7, 11) is 0. The van der Waals surface area contributed by atoms with Gasteiger partial charge in [-0.15, -0.1) is 0 Å². The molecule has 2 unspecified atom stereocenters. The van der Waals surface area contributed by atoms with E-state index in [2.05, 4.69) is 25.7 Å². The van der Waals surface area contributed by atoms with Gasteiger partial charge in [-0.25, -0.2) is 0 Å². The van der Waals surface area contributed by atoms with E-state index in [1.165, 1.54) is 44.9 Å². The van der Waals surface area contributed by atoms with E-state index in [-0.39, 0.29) is 11.5 Å². The minimum atomic E-state index is 0.00473. The lowest BCUT2D eigenvalue weighted by molar-refractivity contribution is -0.133. The molecule has 2 rings (SSSR count). The Morgan fingerprint density at radius 1 is 1.14 bits per heavy atom. The lowest BCUT2D eigenvalue weighted by Crippen LogP contribution is -2.43. The van der Waals surface area contributed by atoms with Crippen LogP contribution in [0.15, 0.2) is 0 Å². The van der Waals surface area contributed by atoms with Gasteiger partial charge in [-0.1, -0.05) is 40.0 Å². The van der Waals surface area contributed by atoms with E-state index in [4.69, 9.17) is 5.73 Å². The SMILES string of the molecule is CC(C)(C)CC(N)CC(=O)N1CCCC1C1CCCCC1. The van der Waals surface area contributed by atoms with Crippen LogP contribution in [0.3, 0.4) is 0 Å². The Kier molecular flexibility index (Phi) is 5.70. The van der Waals surface area contributed by atoms with E-state index >= 15 is 0 Å². The van der Waals surface area contributed by atoms with Gasteiger partial charge in [0.15, 0.2) is 0 Å². The molecule has 2 atom stereocenters. The van der Waals surface area contributed by atoms with Crippen molar-refractivity contribution in [1.29, 1.82) is 0 Å². The zero-order valence-corrected chi connectivity index (χ0v) is 14.2. The monoisotopic (exact) mass is 294 g/mol. The van der Waals surface area contributed by atoms with Crippen molar-refractivity contribution in [2.45, 2.75) is 90.6 Å². The molecular formula is C18H34N2O. The van der Waals surface area contributed by atoms with E-state index in [1.807, 2.05) is 0 Å². The summed E-state index contributed by atoms with van der Waals surface area (Å²) >= 11 is 0. The highest BCUT2D eigenvalue weighted by Crippen LogP contribution is 2.34. The van der Waals surface area contributed by atoms with Crippen molar-refractivity contribution in [1.82, 2.24) is 4.90 Å². The highest BCUT2D eigenvalue weighted by molar-refractivity contribution is 5.77. The van der Waals surface area contributed by atoms with E-state index in [1.54, 1.807) is 0 Å². The molecule has 21 heavy (non-hydrogen) atoms. The van der Waals surface area contributed by atoms with Crippen LogP contribution in [0.1, 0.15) is 78.6 Å². The molecule has 1 amide bonds. The minimum Gasteiger partial charge on any atom is -0.339 e. The third-order valence-electron chi connectivity index (χ3n) is 5.12. The maximum Gasteiger partial charge on any atom is 0.224 e. The number of nitrogens with two attached hydrogens (primary N) is 1. The molecule has 2 aliphatic rings. The second kappa shape index (κ2) is 7.13. The molecule has 0 radical (unpaired) electrons. The Hall–Kier alpha value is -0.570. The first-order chi connectivity index (χ1) is 9.87. The molecule has 1 aliphatic carbocycles. The van der Waals surface area contributed by atoms with Gasteiger partial charge in [0.05, 0.1) is 0 Å². The van der Waals surface area contributed by atoms with Crippen LogP contribution >= 0.6 is 0 Å². The molecular weight excluding hydrogens is 260 g/mol. The highest BCUT2D eigenvalue weighted by atomic mass is 16.2. The first kappa shape index (κ1) is 16.8. The summed E-state index contributed by atoms with van der Waals surface area (Å²) in [5.41, 5.74) is 6.41. The molecule has 2 N–H and O–H groups in total. The smallest absolute Gasteiger partial charge is 0.224 e. The Morgan fingerprint density at radius 2 is 1.81 bits per heavy atom. The van der Waals surface area contributed by atoms with Gasteiger partial charge in [-0.05, 0) is 43.4 Å². The summed E-state index contributed by atoms with van der Waals surface area (Å²) in [6, 6.07) is 0.518. The largest absolute Gasteiger partial charge is 0.339 e. The number of hydrogen-bond acceptors (Lipinski definition) is 2. The fraction of sp³-hybridized carbons (Fsp3) is 0.944. The van der Waals surface area contributed by atoms with Crippen LogP contribution in [0, 0.1) is 11.3 Å². The molecule has 122 valence electrons. The third kappa shape index (κ3) is 4.98. The molecule has 2 fully saturated rings. The maximum atomic E-state index is 12.6. The minimum absolute atomic E-state index is 0.00473. The van der Waals surface area contributed by atoms with Crippen molar-refractivity contribution in [3.8, 4) is 0 Å². The molecule has 1 heterocycles. The first-order valence-electron chi connectivity index (χ1n) is 8.92. The number of hydrogen-bond donors (Lipinski definition) is 1. The zero-order chi connectivity index (χ0) is 15.5. The van der Waals surface area contributed by atoms with Crippen LogP contribution in [-0.2, 0) is 4.79 Å². The van der Waals surface area contributed by atoms with Crippen LogP contribution in [0.25, 0.3) is 0 Å². The second-order valence-corrected chi connectivity index (χ2v) is 8.42. The van der Waals surface area contributed by atoms with Gasteiger partial charge in [0, 0.05) is 25.0 Å². The number of likely N-dealkylation sites (tertiary alicyclic amines) is 1. The van der Waals surface area contributed by atoms with Crippen molar-refractivity contribution in [3.05, 3.63) is 0 Å². The van der Waals surface area contributed by atoms with Crippen LogP contribution in [0.5, 0.6) is 0 Å². The number of carbonyl (C=O) groups is 1. The number of nitrogens with zero attached hydrogens (tertiary/aromatic N) is 1. The van der Waals surface area contributed by atoms with Crippen molar-refractivity contribution in [3.63, 3.8) is 0 Å². The summed E-state index contributed by atoms with van der Waals surface area (Å²) in [5, 5.41) is 0. The Labute approximate surface area is 130 Å². The summed E-state index contributed by atoms with van der Waals surface area (Å²) in [6.07, 6.45) is 10.6. The molecule has 0 aromatic carbocycles. The molecule has 0 aromatic heterocycles. The van der Waals surface area contributed by atoms with Gasteiger partial charge in [0.25, 0.3) is 0 Å². The topological polar surface area (TPSA) is 46.3 Å². The fourth-order valence-corrected chi connectivity index (χ4v) is 4.31. The van der Waals surface area contributed by atoms with E-state index in [9.17, 15) is 4.79 Å². The van der Waals surface area contributed by atoms with Crippen molar-refractivity contribution >= 4 is 5.91 Å². The molecule has 3 heteroatoms. The third-order valence-corrected chi connectivity index (χ3v) is 5.12. The molecule has 0 spiro atoms. The van der Waals surface area contributed by atoms with Crippen molar-refractivity contribution in [2.24, 2.45) is 17.1 Å². The predicted molar refractivity (Wildman–Crippen MR) is 88.0 cm³/mol. The maximum absolute atomic E-state index is 12.6. The summed E-state index contributed by atoms with van der Waals surface area (Å²) in [5.74, 6) is 1.06. The molecule has 1 saturated heterocycles. The van der Waals surface area contributed by atoms with Crippen LogP contribution in [-0.4, -0.2) is 29.4 Å². The van der Waals surface area contributed by atoms with Crippen molar-refractivity contribution < 1.29 is 4.79 Å². The quantitative estimate of drug-likeness (QED) is 0.859. The van der Waals surface area contributed by atoms with E-state index in [0.717, 1.165) is 18.9 Å². The molecule has 0 bridgehead atoms. The first-order valence-corrected chi connectivity index (χ1v) is 8.92. The van der Waals surface area contributed by atoms with Crippen LogP contribution < -0.4 is 5.73 Å². The molecule has 1 saturated carbocycles. The lowest BCUT2D eigenvalue weighted by Gasteiger charge is -2.35. The average Bonchev–Trinajstić information content (AvgIpc) is 2.86. The lowest BCUT2D eigenvalue weighted by atomic mass is 9.82. The van der Waals surface area contributed by atoms with Gasteiger partial charge in [0.1, 0.15) is 0 Å². The van der Waals surface area contributed by atoms with Gasteiger partial charge in [-0.3, -0.25) is 4.79 Å². The van der Waals surface area contributed by atoms with E-state index in [0.29, 0.717) is 18.4 Å². The van der Waals surface area contributed by atoms with Gasteiger partial charge in [0.2, 0.25) is 5.91 Å². The zero-order valence-electron chi connectivity index (χ0n) is 14.2. The van der Waals surface area contributed by atoms with E-state index < -0.39 is 0 Å². The second-order valence-electron chi connectivity index (χ2n) is 8.42. The van der Waals surface area contributed by atoms with Gasteiger partial charge < -0.3 is 10.6 Å². The highest BCUT2D eigenvalue weighted by Gasteiger charge is 2.35. The standard InChI is InChI=1S/C18H34N2O/c1-18(2,3)13-15(19)12-17(21)20-11-7-10-16(20)14-8-5-4-6-9-14/h14-16H,4-13,19H2,1-3H3. The molecule has 3 nitrogen and oxygen atoms in total. The molecule has 0 aromatic rings. The molecule has 1 aliphatic heterocycles. The predicted octanol–water partition coefficient (Wildman–Crippen LogP) is 3.71. The van der Waals surface area contributed by atoms with Gasteiger partial charge in [-0.2, -0.15) is 0 Å². The number of amides is 1. The summed E-state index contributed by atoms with van der Waals surface area (Å²) < 4.78 is 0. The van der Waals surface area contributed by atoms with Gasteiger partial charge >= 0.3 is 0 Å². The number of carbonyl (C=O) groups excluding carboxylic acids is 1. The Balaban J connectivity index is 1.88. The van der Waals surface area contributed by atoms with Crippen LogP contribution in [0.4, 0.5) is 0 Å².